The van der Waals surface area contributed by atoms with Crippen molar-refractivity contribution in [1.29, 1.82) is 0 Å². The maximum atomic E-state index is 13.4. The van der Waals surface area contributed by atoms with Crippen molar-refractivity contribution in [3.63, 3.8) is 0 Å². The first-order valence-electron chi connectivity index (χ1n) is 7.35. The Morgan fingerprint density at radius 2 is 1.96 bits per heavy atom. The molecule has 6 heteroatoms. The number of benzene rings is 2. The maximum absolute atomic E-state index is 13.4. The minimum Gasteiger partial charge on any atom is -0.367 e. The Kier molecular flexibility index (Phi) is 3.75. The van der Waals surface area contributed by atoms with E-state index < -0.39 is 11.6 Å². The third-order valence-corrected chi connectivity index (χ3v) is 4.36. The van der Waals surface area contributed by atoms with Gasteiger partial charge in [0.1, 0.15) is 0 Å². The van der Waals surface area contributed by atoms with Crippen molar-refractivity contribution >= 4 is 11.4 Å². The topological polar surface area (TPSA) is 46.4 Å². The largest absolute Gasteiger partial charge is 0.367 e. The number of nitro benzene ring substituents is 1. The maximum Gasteiger partial charge on any atom is 0.275 e. The lowest BCUT2D eigenvalue weighted by Crippen LogP contribution is -2.20. The normalized spacial score (nSPS) is 13.3. The fraction of sp³-hybridized carbons (Fsp3) is 0.294. The van der Waals surface area contributed by atoms with Gasteiger partial charge in [-0.2, -0.15) is 0 Å². The molecule has 0 fully saturated rings. The summed E-state index contributed by atoms with van der Waals surface area (Å²) in [5, 5.41) is 11.2. The molecular weight excluding hydrogens is 302 g/mol. The first-order chi connectivity index (χ1) is 10.9. The minimum atomic E-state index is -0.863. The number of halogens is 2. The second-order valence-corrected chi connectivity index (χ2v) is 5.84. The van der Waals surface area contributed by atoms with E-state index in [-0.39, 0.29) is 10.6 Å². The van der Waals surface area contributed by atoms with Crippen molar-refractivity contribution in [3.05, 3.63) is 68.3 Å². The lowest BCUT2D eigenvalue weighted by atomic mass is 10.0. The van der Waals surface area contributed by atoms with Crippen LogP contribution in [0.15, 0.2) is 24.3 Å². The molecule has 2 aromatic carbocycles. The molecule has 1 aliphatic heterocycles. The number of rotatable bonds is 3. The number of aryl methyl sites for hydroxylation is 1. The molecule has 0 spiro atoms. The molecule has 0 saturated heterocycles. The highest BCUT2D eigenvalue weighted by Crippen LogP contribution is 2.38. The van der Waals surface area contributed by atoms with Gasteiger partial charge in [-0.05, 0) is 49.6 Å². The fourth-order valence-electron chi connectivity index (χ4n) is 3.26. The molecule has 4 nitrogen and oxygen atoms in total. The quantitative estimate of drug-likeness (QED) is 0.633. The molecule has 1 heterocycles. The van der Waals surface area contributed by atoms with Crippen LogP contribution in [-0.2, 0) is 13.0 Å². The van der Waals surface area contributed by atoms with Crippen molar-refractivity contribution in [2.75, 3.05) is 11.4 Å². The van der Waals surface area contributed by atoms with Crippen LogP contribution in [0, 0.1) is 35.6 Å². The predicted octanol–water partition coefficient (Wildman–Crippen LogP) is 4.05. The summed E-state index contributed by atoms with van der Waals surface area (Å²) in [4.78, 5) is 12.9. The smallest absolute Gasteiger partial charge is 0.275 e. The molecule has 0 amide bonds. The molecule has 0 saturated carbocycles. The van der Waals surface area contributed by atoms with Crippen LogP contribution in [0.1, 0.15) is 22.3 Å². The van der Waals surface area contributed by atoms with E-state index in [9.17, 15) is 18.9 Å². The summed E-state index contributed by atoms with van der Waals surface area (Å²) in [6.45, 7) is 4.64. The van der Waals surface area contributed by atoms with E-state index in [4.69, 9.17) is 0 Å². The first-order valence-corrected chi connectivity index (χ1v) is 7.35. The molecule has 0 aromatic heterocycles. The van der Waals surface area contributed by atoms with Gasteiger partial charge in [0.15, 0.2) is 11.6 Å². The number of fused-ring (bicyclic) bond motifs is 1. The molecule has 120 valence electrons. The highest BCUT2D eigenvalue weighted by atomic mass is 19.2. The second-order valence-electron chi connectivity index (χ2n) is 5.84. The Labute approximate surface area is 132 Å². The Morgan fingerprint density at radius 3 is 2.61 bits per heavy atom. The van der Waals surface area contributed by atoms with Gasteiger partial charge in [-0.25, -0.2) is 8.78 Å². The van der Waals surface area contributed by atoms with E-state index in [0.717, 1.165) is 17.3 Å². The van der Waals surface area contributed by atoms with Crippen LogP contribution in [0.3, 0.4) is 0 Å². The van der Waals surface area contributed by atoms with Crippen LogP contribution in [0.2, 0.25) is 0 Å². The van der Waals surface area contributed by atoms with E-state index in [0.29, 0.717) is 36.2 Å². The monoisotopic (exact) mass is 318 g/mol. The number of hydrogen-bond donors (Lipinski definition) is 0. The van der Waals surface area contributed by atoms with Crippen molar-refractivity contribution in [2.45, 2.75) is 26.8 Å². The number of nitro groups is 1. The SMILES string of the molecule is Cc1cc2c(c(C)c1[N+](=O)[O-])CCN2Cc1ccc(F)c(F)c1. The summed E-state index contributed by atoms with van der Waals surface area (Å²) in [7, 11) is 0. The van der Waals surface area contributed by atoms with Gasteiger partial charge in [-0.15, -0.1) is 0 Å². The molecule has 2 aromatic rings. The molecule has 1 aliphatic rings. The van der Waals surface area contributed by atoms with Gasteiger partial charge in [-0.1, -0.05) is 6.07 Å². The summed E-state index contributed by atoms with van der Waals surface area (Å²) in [6.07, 6.45) is 0.714. The summed E-state index contributed by atoms with van der Waals surface area (Å²) >= 11 is 0. The van der Waals surface area contributed by atoms with E-state index >= 15 is 0 Å². The summed E-state index contributed by atoms with van der Waals surface area (Å²) in [6, 6.07) is 5.68. The molecule has 0 N–H and O–H groups in total. The molecule has 0 radical (unpaired) electrons. The van der Waals surface area contributed by atoms with Crippen molar-refractivity contribution in [3.8, 4) is 0 Å². The van der Waals surface area contributed by atoms with Gasteiger partial charge in [0, 0.05) is 29.9 Å². The van der Waals surface area contributed by atoms with Gasteiger partial charge in [0.2, 0.25) is 0 Å². The Bertz CT molecular complexity index is 806. The van der Waals surface area contributed by atoms with Crippen LogP contribution >= 0.6 is 0 Å². The minimum absolute atomic E-state index is 0.165. The molecular formula is C17H16F2N2O2. The van der Waals surface area contributed by atoms with Gasteiger partial charge in [0.25, 0.3) is 5.69 Å². The van der Waals surface area contributed by atoms with E-state index in [1.807, 2.05) is 11.0 Å². The van der Waals surface area contributed by atoms with Crippen LogP contribution in [-0.4, -0.2) is 11.5 Å². The zero-order valence-corrected chi connectivity index (χ0v) is 12.9. The molecule has 0 unspecified atom stereocenters. The lowest BCUT2D eigenvalue weighted by Gasteiger charge is -2.20. The highest BCUT2D eigenvalue weighted by molar-refractivity contribution is 5.68. The van der Waals surface area contributed by atoms with Gasteiger partial charge in [-0.3, -0.25) is 10.1 Å². The summed E-state index contributed by atoms with van der Waals surface area (Å²) in [5.41, 5.74) is 4.05. The van der Waals surface area contributed by atoms with Crippen LogP contribution < -0.4 is 4.90 Å². The van der Waals surface area contributed by atoms with E-state index in [1.54, 1.807) is 19.9 Å². The zero-order valence-electron chi connectivity index (χ0n) is 12.9. The Hall–Kier alpha value is -2.50. The second kappa shape index (κ2) is 5.61. The Balaban J connectivity index is 1.95. The van der Waals surface area contributed by atoms with Crippen molar-refractivity contribution in [2.24, 2.45) is 0 Å². The number of anilines is 1. The van der Waals surface area contributed by atoms with Gasteiger partial charge >= 0.3 is 0 Å². The number of nitrogens with zero attached hydrogens (tertiary/aromatic N) is 2. The van der Waals surface area contributed by atoms with E-state index in [2.05, 4.69) is 0 Å². The molecule has 23 heavy (non-hydrogen) atoms. The van der Waals surface area contributed by atoms with Gasteiger partial charge in [0.05, 0.1) is 4.92 Å². The van der Waals surface area contributed by atoms with Crippen LogP contribution in [0.4, 0.5) is 20.2 Å². The van der Waals surface area contributed by atoms with Crippen molar-refractivity contribution < 1.29 is 13.7 Å². The molecule has 0 bridgehead atoms. The van der Waals surface area contributed by atoms with Crippen LogP contribution in [0.25, 0.3) is 0 Å². The fourth-order valence-corrected chi connectivity index (χ4v) is 3.26. The summed E-state index contributed by atoms with van der Waals surface area (Å²) in [5.74, 6) is -1.73. The van der Waals surface area contributed by atoms with E-state index in [1.165, 1.54) is 6.07 Å². The summed E-state index contributed by atoms with van der Waals surface area (Å²) < 4.78 is 26.4. The van der Waals surface area contributed by atoms with Crippen molar-refractivity contribution in [1.82, 2.24) is 0 Å². The first kappa shape index (κ1) is 15.4. The molecule has 3 rings (SSSR count). The highest BCUT2D eigenvalue weighted by Gasteiger charge is 2.27. The lowest BCUT2D eigenvalue weighted by molar-refractivity contribution is -0.386. The molecule has 0 atom stereocenters. The van der Waals surface area contributed by atoms with Gasteiger partial charge < -0.3 is 4.90 Å². The standard InChI is InChI=1S/C17H16F2N2O2/c1-10-7-16-13(11(2)17(10)21(22)23)5-6-20(16)9-12-3-4-14(18)15(19)8-12/h3-4,7-8H,5-6,9H2,1-2H3. The van der Waals surface area contributed by atoms with Crippen LogP contribution in [0.5, 0.6) is 0 Å². The predicted molar refractivity (Wildman–Crippen MR) is 83.7 cm³/mol. The molecule has 0 aliphatic carbocycles. The average molecular weight is 318 g/mol. The number of hydrogen-bond acceptors (Lipinski definition) is 3. The third-order valence-electron chi connectivity index (χ3n) is 4.36. The average Bonchev–Trinajstić information content (AvgIpc) is 2.86. The Morgan fingerprint density at radius 1 is 1.22 bits per heavy atom. The zero-order chi connectivity index (χ0) is 16.7. The third kappa shape index (κ3) is 2.65.